The molecule has 8 heteroatoms. The number of ether oxygens (including phenoxy) is 1. The van der Waals surface area contributed by atoms with Crippen LogP contribution in [-0.2, 0) is 11.2 Å². The van der Waals surface area contributed by atoms with Crippen molar-refractivity contribution in [2.45, 2.75) is 33.6 Å². The maximum absolute atomic E-state index is 12.8. The van der Waals surface area contributed by atoms with Crippen molar-refractivity contribution in [2.24, 2.45) is 0 Å². The van der Waals surface area contributed by atoms with Gasteiger partial charge in [0, 0.05) is 49.7 Å². The van der Waals surface area contributed by atoms with Crippen molar-refractivity contribution in [3.8, 4) is 5.75 Å². The number of benzene rings is 1. The fourth-order valence-corrected chi connectivity index (χ4v) is 4.07. The Balaban J connectivity index is 1.36. The SMILES string of the molecule is COc1ccc(N2CCN(C(=O)CCc3c(C)nc4nc(C)nn4c3C)CC2)cc1. The lowest BCUT2D eigenvalue weighted by Crippen LogP contribution is -2.48. The van der Waals surface area contributed by atoms with E-state index in [2.05, 4.69) is 32.1 Å². The molecule has 8 nitrogen and oxygen atoms in total. The van der Waals surface area contributed by atoms with Gasteiger partial charge in [-0.25, -0.2) is 9.50 Å². The second kappa shape index (κ2) is 8.30. The first kappa shape index (κ1) is 20.1. The highest BCUT2D eigenvalue weighted by Crippen LogP contribution is 2.21. The van der Waals surface area contributed by atoms with Crippen molar-refractivity contribution in [1.29, 1.82) is 0 Å². The van der Waals surface area contributed by atoms with E-state index >= 15 is 0 Å². The van der Waals surface area contributed by atoms with Gasteiger partial charge in [-0.05, 0) is 57.0 Å². The third-order valence-electron chi connectivity index (χ3n) is 5.81. The van der Waals surface area contributed by atoms with Crippen molar-refractivity contribution in [1.82, 2.24) is 24.5 Å². The topological polar surface area (TPSA) is 75.9 Å². The van der Waals surface area contributed by atoms with Gasteiger partial charge in [-0.3, -0.25) is 4.79 Å². The van der Waals surface area contributed by atoms with Crippen LogP contribution in [0, 0.1) is 20.8 Å². The van der Waals surface area contributed by atoms with Crippen LogP contribution in [0.25, 0.3) is 5.78 Å². The molecule has 1 amide bonds. The summed E-state index contributed by atoms with van der Waals surface area (Å²) in [6.45, 7) is 9.00. The Morgan fingerprint density at radius 1 is 1.03 bits per heavy atom. The molecule has 0 saturated carbocycles. The lowest BCUT2D eigenvalue weighted by Gasteiger charge is -2.36. The second-order valence-electron chi connectivity index (χ2n) is 7.70. The Morgan fingerprint density at radius 2 is 1.73 bits per heavy atom. The number of amides is 1. The van der Waals surface area contributed by atoms with Crippen molar-refractivity contribution < 1.29 is 9.53 Å². The Bertz CT molecular complexity index is 1050. The van der Waals surface area contributed by atoms with Crippen LogP contribution < -0.4 is 9.64 Å². The molecule has 0 spiro atoms. The fraction of sp³-hybridized carbons (Fsp3) is 0.455. The zero-order valence-electron chi connectivity index (χ0n) is 18.1. The maximum atomic E-state index is 12.8. The molecule has 30 heavy (non-hydrogen) atoms. The van der Waals surface area contributed by atoms with Crippen LogP contribution in [0.3, 0.4) is 0 Å². The average Bonchev–Trinajstić information content (AvgIpc) is 3.14. The van der Waals surface area contributed by atoms with Crippen molar-refractivity contribution >= 4 is 17.4 Å². The van der Waals surface area contributed by atoms with Gasteiger partial charge in [-0.15, -0.1) is 0 Å². The normalized spacial score (nSPS) is 14.4. The van der Waals surface area contributed by atoms with E-state index in [0.717, 1.165) is 54.6 Å². The number of carbonyl (C=O) groups excluding carboxylic acids is 1. The molecule has 1 saturated heterocycles. The first-order valence-electron chi connectivity index (χ1n) is 10.3. The number of hydrogen-bond donors (Lipinski definition) is 0. The number of carbonyl (C=O) groups is 1. The average molecular weight is 409 g/mol. The first-order valence-corrected chi connectivity index (χ1v) is 10.3. The van der Waals surface area contributed by atoms with Crippen molar-refractivity contribution in [3.05, 3.63) is 47.0 Å². The number of rotatable bonds is 5. The molecule has 0 unspecified atom stereocenters. The summed E-state index contributed by atoms with van der Waals surface area (Å²) < 4.78 is 7.00. The zero-order chi connectivity index (χ0) is 21.3. The van der Waals surface area contributed by atoms with E-state index in [-0.39, 0.29) is 5.91 Å². The summed E-state index contributed by atoms with van der Waals surface area (Å²) in [5.74, 6) is 2.37. The molecule has 3 aromatic rings. The predicted molar refractivity (Wildman–Crippen MR) is 115 cm³/mol. The molecule has 0 bridgehead atoms. The highest BCUT2D eigenvalue weighted by molar-refractivity contribution is 5.77. The summed E-state index contributed by atoms with van der Waals surface area (Å²) in [6.07, 6.45) is 1.14. The smallest absolute Gasteiger partial charge is 0.252 e. The van der Waals surface area contributed by atoms with Gasteiger partial charge in [-0.1, -0.05) is 0 Å². The lowest BCUT2D eigenvalue weighted by molar-refractivity contribution is -0.131. The predicted octanol–water partition coefficient (Wildman–Crippen LogP) is 2.34. The molecule has 158 valence electrons. The standard InChI is InChI=1S/C22H28N6O2/c1-15-20(16(2)28-22(23-15)24-17(3)25-28)9-10-21(29)27-13-11-26(12-14-27)18-5-7-19(30-4)8-6-18/h5-8H,9-14H2,1-4H3. The van der Waals surface area contributed by atoms with E-state index in [0.29, 0.717) is 24.4 Å². The van der Waals surface area contributed by atoms with Crippen LogP contribution in [0.1, 0.15) is 29.2 Å². The molecule has 1 aromatic carbocycles. The van der Waals surface area contributed by atoms with E-state index in [1.165, 1.54) is 0 Å². The van der Waals surface area contributed by atoms with Gasteiger partial charge in [0.25, 0.3) is 5.78 Å². The van der Waals surface area contributed by atoms with E-state index in [4.69, 9.17) is 4.74 Å². The summed E-state index contributed by atoms with van der Waals surface area (Å²) in [6, 6.07) is 8.08. The number of aromatic nitrogens is 4. The molecular weight excluding hydrogens is 380 g/mol. The Kier molecular flexibility index (Phi) is 5.57. The summed E-state index contributed by atoms with van der Waals surface area (Å²) in [5, 5.41) is 4.41. The number of fused-ring (bicyclic) bond motifs is 1. The van der Waals surface area contributed by atoms with Gasteiger partial charge in [0.15, 0.2) is 0 Å². The van der Waals surface area contributed by atoms with Gasteiger partial charge in [0.2, 0.25) is 5.91 Å². The first-order chi connectivity index (χ1) is 14.5. The number of anilines is 1. The van der Waals surface area contributed by atoms with Crippen LogP contribution in [0.5, 0.6) is 5.75 Å². The molecule has 4 rings (SSSR count). The highest BCUT2D eigenvalue weighted by Gasteiger charge is 2.22. The van der Waals surface area contributed by atoms with Gasteiger partial charge >= 0.3 is 0 Å². The summed E-state index contributed by atoms with van der Waals surface area (Å²) in [4.78, 5) is 26.0. The fourth-order valence-electron chi connectivity index (χ4n) is 4.07. The third-order valence-corrected chi connectivity index (χ3v) is 5.81. The van der Waals surface area contributed by atoms with Crippen LogP contribution in [0.2, 0.25) is 0 Å². The number of methoxy groups -OCH3 is 1. The van der Waals surface area contributed by atoms with E-state index in [1.54, 1.807) is 11.6 Å². The number of nitrogens with zero attached hydrogens (tertiary/aromatic N) is 6. The summed E-state index contributed by atoms with van der Waals surface area (Å²) >= 11 is 0. The minimum Gasteiger partial charge on any atom is -0.497 e. The molecule has 0 radical (unpaired) electrons. The molecular formula is C22H28N6O2. The van der Waals surface area contributed by atoms with Crippen LogP contribution >= 0.6 is 0 Å². The van der Waals surface area contributed by atoms with E-state index in [1.807, 2.05) is 37.8 Å². The summed E-state index contributed by atoms with van der Waals surface area (Å²) in [5.41, 5.74) is 4.18. The molecule has 1 fully saturated rings. The molecule has 0 aliphatic carbocycles. The van der Waals surface area contributed by atoms with E-state index in [9.17, 15) is 4.79 Å². The maximum Gasteiger partial charge on any atom is 0.252 e. The Labute approximate surface area is 176 Å². The molecule has 1 aliphatic heterocycles. The number of piperazine rings is 1. The minimum absolute atomic E-state index is 0.193. The van der Waals surface area contributed by atoms with Gasteiger partial charge in [0.05, 0.1) is 7.11 Å². The second-order valence-corrected chi connectivity index (χ2v) is 7.70. The number of hydrogen-bond acceptors (Lipinski definition) is 6. The van der Waals surface area contributed by atoms with Gasteiger partial charge in [0.1, 0.15) is 11.6 Å². The molecule has 1 aliphatic rings. The molecule has 3 heterocycles. The zero-order valence-corrected chi connectivity index (χ0v) is 18.1. The van der Waals surface area contributed by atoms with Crippen LogP contribution in [0.4, 0.5) is 5.69 Å². The quantitative estimate of drug-likeness (QED) is 0.645. The lowest BCUT2D eigenvalue weighted by atomic mass is 10.1. The minimum atomic E-state index is 0.193. The Morgan fingerprint density at radius 3 is 2.40 bits per heavy atom. The third kappa shape index (κ3) is 3.94. The molecule has 2 aromatic heterocycles. The van der Waals surface area contributed by atoms with Gasteiger partial charge in [-0.2, -0.15) is 10.1 Å². The van der Waals surface area contributed by atoms with Crippen LogP contribution in [-0.4, -0.2) is 63.7 Å². The molecule has 0 atom stereocenters. The molecule has 0 N–H and O–H groups in total. The summed E-state index contributed by atoms with van der Waals surface area (Å²) in [7, 11) is 1.67. The van der Waals surface area contributed by atoms with E-state index < -0.39 is 0 Å². The number of aryl methyl sites for hydroxylation is 3. The Hall–Kier alpha value is -3.16. The van der Waals surface area contributed by atoms with Crippen LogP contribution in [0.15, 0.2) is 24.3 Å². The van der Waals surface area contributed by atoms with Crippen molar-refractivity contribution in [3.63, 3.8) is 0 Å². The highest BCUT2D eigenvalue weighted by atomic mass is 16.5. The van der Waals surface area contributed by atoms with Gasteiger partial charge < -0.3 is 14.5 Å². The monoisotopic (exact) mass is 408 g/mol. The largest absolute Gasteiger partial charge is 0.497 e. The van der Waals surface area contributed by atoms with Crippen molar-refractivity contribution in [2.75, 3.05) is 38.2 Å².